The first-order valence-electron chi connectivity index (χ1n) is 4.15. The van der Waals surface area contributed by atoms with Gasteiger partial charge >= 0.3 is 0 Å². The molecule has 0 aromatic heterocycles. The molecule has 3 heteroatoms. The standard InChI is InChI=1S/C9H18O3/c1-3-8-12-9(2,4-6-10)5-7-11/h3,10-11H,1,4-8H2,2H3. The first-order valence-corrected chi connectivity index (χ1v) is 4.15. The fourth-order valence-corrected chi connectivity index (χ4v) is 1.00. The molecule has 0 unspecified atom stereocenters. The predicted octanol–water partition coefficient (Wildman–Crippen LogP) is 0.712. The highest BCUT2D eigenvalue weighted by molar-refractivity contribution is 4.77. The van der Waals surface area contributed by atoms with Crippen LogP contribution in [-0.2, 0) is 4.74 Å². The Balaban J connectivity index is 3.88. The minimum absolute atomic E-state index is 0.0770. The topological polar surface area (TPSA) is 49.7 Å². The van der Waals surface area contributed by atoms with Gasteiger partial charge in [0.25, 0.3) is 0 Å². The Morgan fingerprint density at radius 2 is 1.83 bits per heavy atom. The van der Waals surface area contributed by atoms with E-state index >= 15 is 0 Å². The Morgan fingerprint density at radius 3 is 2.17 bits per heavy atom. The monoisotopic (exact) mass is 174 g/mol. The molecule has 0 saturated carbocycles. The van der Waals surface area contributed by atoms with Gasteiger partial charge in [-0.25, -0.2) is 0 Å². The van der Waals surface area contributed by atoms with Crippen LogP contribution in [0.2, 0.25) is 0 Å². The van der Waals surface area contributed by atoms with Crippen LogP contribution in [-0.4, -0.2) is 35.6 Å². The maximum atomic E-state index is 8.74. The molecule has 0 atom stereocenters. The van der Waals surface area contributed by atoms with Crippen LogP contribution in [0.15, 0.2) is 12.7 Å². The highest BCUT2D eigenvalue weighted by Gasteiger charge is 2.22. The van der Waals surface area contributed by atoms with Crippen molar-refractivity contribution in [2.45, 2.75) is 25.4 Å². The van der Waals surface area contributed by atoms with Crippen molar-refractivity contribution in [1.82, 2.24) is 0 Å². The second kappa shape index (κ2) is 6.17. The van der Waals surface area contributed by atoms with Gasteiger partial charge in [0.05, 0.1) is 12.2 Å². The lowest BCUT2D eigenvalue weighted by Gasteiger charge is -2.27. The number of ether oxygens (including phenoxy) is 1. The van der Waals surface area contributed by atoms with Gasteiger partial charge in [0.15, 0.2) is 0 Å². The molecule has 0 bridgehead atoms. The lowest BCUT2D eigenvalue weighted by atomic mass is 9.99. The molecule has 12 heavy (non-hydrogen) atoms. The van der Waals surface area contributed by atoms with Crippen molar-refractivity contribution in [3.63, 3.8) is 0 Å². The molecule has 0 amide bonds. The number of aliphatic hydroxyl groups is 2. The molecule has 0 rings (SSSR count). The van der Waals surface area contributed by atoms with E-state index in [1.54, 1.807) is 6.08 Å². The predicted molar refractivity (Wildman–Crippen MR) is 48.0 cm³/mol. The van der Waals surface area contributed by atoms with E-state index in [1.165, 1.54) is 0 Å². The smallest absolute Gasteiger partial charge is 0.0702 e. The third-order valence-electron chi connectivity index (χ3n) is 1.83. The van der Waals surface area contributed by atoms with E-state index in [2.05, 4.69) is 6.58 Å². The zero-order valence-corrected chi connectivity index (χ0v) is 7.62. The van der Waals surface area contributed by atoms with Gasteiger partial charge in [0, 0.05) is 13.2 Å². The summed E-state index contributed by atoms with van der Waals surface area (Å²) >= 11 is 0. The third-order valence-corrected chi connectivity index (χ3v) is 1.83. The summed E-state index contributed by atoms with van der Waals surface area (Å²) in [6.45, 7) is 6.02. The molecule has 0 spiro atoms. The molecular formula is C9H18O3. The summed E-state index contributed by atoms with van der Waals surface area (Å²) < 4.78 is 5.42. The van der Waals surface area contributed by atoms with Crippen molar-refractivity contribution < 1.29 is 14.9 Å². The second-order valence-electron chi connectivity index (χ2n) is 3.00. The zero-order chi connectivity index (χ0) is 9.45. The van der Waals surface area contributed by atoms with Gasteiger partial charge in [-0.3, -0.25) is 0 Å². The van der Waals surface area contributed by atoms with Gasteiger partial charge in [-0.05, 0) is 19.8 Å². The summed E-state index contributed by atoms with van der Waals surface area (Å²) in [5.74, 6) is 0. The first-order chi connectivity index (χ1) is 5.68. The van der Waals surface area contributed by atoms with Gasteiger partial charge in [0.2, 0.25) is 0 Å². The quantitative estimate of drug-likeness (QED) is 0.559. The molecule has 72 valence electrons. The molecule has 0 saturated heterocycles. The van der Waals surface area contributed by atoms with E-state index in [0.717, 1.165) is 0 Å². The Morgan fingerprint density at radius 1 is 1.33 bits per heavy atom. The van der Waals surface area contributed by atoms with Gasteiger partial charge in [-0.15, -0.1) is 6.58 Å². The number of rotatable bonds is 7. The van der Waals surface area contributed by atoms with Crippen LogP contribution in [0.3, 0.4) is 0 Å². The molecule has 2 N–H and O–H groups in total. The summed E-state index contributed by atoms with van der Waals surface area (Å²) in [5.41, 5.74) is -0.419. The summed E-state index contributed by atoms with van der Waals surface area (Å²) in [4.78, 5) is 0. The fraction of sp³-hybridized carbons (Fsp3) is 0.778. The minimum atomic E-state index is -0.419. The van der Waals surface area contributed by atoms with E-state index in [9.17, 15) is 0 Å². The van der Waals surface area contributed by atoms with Crippen molar-refractivity contribution in [3.8, 4) is 0 Å². The average Bonchev–Trinajstić information content (AvgIpc) is 2.02. The summed E-state index contributed by atoms with van der Waals surface area (Å²) in [6.07, 6.45) is 2.75. The van der Waals surface area contributed by atoms with Gasteiger partial charge < -0.3 is 14.9 Å². The summed E-state index contributed by atoms with van der Waals surface area (Å²) in [6, 6.07) is 0. The summed E-state index contributed by atoms with van der Waals surface area (Å²) in [7, 11) is 0. The highest BCUT2D eigenvalue weighted by atomic mass is 16.5. The first kappa shape index (κ1) is 11.6. The molecule has 0 aromatic rings. The van der Waals surface area contributed by atoms with Crippen LogP contribution in [0.4, 0.5) is 0 Å². The molecule has 0 aliphatic carbocycles. The van der Waals surface area contributed by atoms with Crippen molar-refractivity contribution in [2.24, 2.45) is 0 Å². The van der Waals surface area contributed by atoms with Gasteiger partial charge in [-0.2, -0.15) is 0 Å². The molecule has 0 radical (unpaired) electrons. The molecular weight excluding hydrogens is 156 g/mol. The largest absolute Gasteiger partial charge is 0.396 e. The SMILES string of the molecule is C=CCOC(C)(CCO)CCO. The maximum Gasteiger partial charge on any atom is 0.0702 e. The van der Waals surface area contributed by atoms with E-state index in [4.69, 9.17) is 14.9 Å². The molecule has 0 aliphatic heterocycles. The third kappa shape index (κ3) is 4.49. The van der Waals surface area contributed by atoms with E-state index in [1.807, 2.05) is 6.92 Å². The molecule has 3 nitrogen and oxygen atoms in total. The highest BCUT2D eigenvalue weighted by Crippen LogP contribution is 2.19. The molecule has 0 fully saturated rings. The molecule has 0 heterocycles. The lowest BCUT2D eigenvalue weighted by Crippen LogP contribution is -2.31. The van der Waals surface area contributed by atoms with Gasteiger partial charge in [-0.1, -0.05) is 6.08 Å². The van der Waals surface area contributed by atoms with Crippen LogP contribution in [0, 0.1) is 0 Å². The Kier molecular flexibility index (Phi) is 5.98. The van der Waals surface area contributed by atoms with Crippen molar-refractivity contribution in [1.29, 1.82) is 0 Å². The fourth-order valence-electron chi connectivity index (χ4n) is 1.00. The second-order valence-corrected chi connectivity index (χ2v) is 3.00. The Hall–Kier alpha value is -0.380. The Bertz CT molecular complexity index is 117. The van der Waals surface area contributed by atoms with E-state index in [0.29, 0.717) is 19.4 Å². The maximum absolute atomic E-state index is 8.74. The molecule has 0 aliphatic rings. The minimum Gasteiger partial charge on any atom is -0.396 e. The van der Waals surface area contributed by atoms with E-state index < -0.39 is 5.60 Å². The van der Waals surface area contributed by atoms with Crippen LogP contribution in [0.5, 0.6) is 0 Å². The normalized spacial score (nSPS) is 11.6. The van der Waals surface area contributed by atoms with Crippen LogP contribution < -0.4 is 0 Å². The van der Waals surface area contributed by atoms with E-state index in [-0.39, 0.29) is 13.2 Å². The van der Waals surface area contributed by atoms with Crippen LogP contribution >= 0.6 is 0 Å². The lowest BCUT2D eigenvalue weighted by molar-refractivity contribution is -0.0471. The van der Waals surface area contributed by atoms with Gasteiger partial charge in [0.1, 0.15) is 0 Å². The zero-order valence-electron chi connectivity index (χ0n) is 7.62. The van der Waals surface area contributed by atoms with Crippen LogP contribution in [0.1, 0.15) is 19.8 Å². The van der Waals surface area contributed by atoms with Crippen molar-refractivity contribution in [2.75, 3.05) is 19.8 Å². The number of aliphatic hydroxyl groups excluding tert-OH is 2. The Labute approximate surface area is 73.7 Å². The molecule has 0 aromatic carbocycles. The average molecular weight is 174 g/mol. The van der Waals surface area contributed by atoms with Crippen molar-refractivity contribution in [3.05, 3.63) is 12.7 Å². The van der Waals surface area contributed by atoms with Crippen molar-refractivity contribution >= 4 is 0 Å². The number of hydrogen-bond donors (Lipinski definition) is 2. The summed E-state index contributed by atoms with van der Waals surface area (Å²) in [5, 5.41) is 17.5. The number of hydrogen-bond acceptors (Lipinski definition) is 3. The van der Waals surface area contributed by atoms with Crippen LogP contribution in [0.25, 0.3) is 0 Å².